The number of thiazole rings is 1. The van der Waals surface area contributed by atoms with Gasteiger partial charge in [0.05, 0.1) is 28.2 Å². The lowest BCUT2D eigenvalue weighted by Crippen LogP contribution is -2.57. The van der Waals surface area contributed by atoms with Gasteiger partial charge in [0.1, 0.15) is 11.9 Å². The topological polar surface area (TPSA) is 144 Å². The number of nitrogens with zero attached hydrogens (tertiary/aromatic N) is 3. The first kappa shape index (κ1) is 25.8. The van der Waals surface area contributed by atoms with Crippen LogP contribution in [0.25, 0.3) is 10.4 Å². The molecule has 1 fully saturated rings. The lowest BCUT2D eigenvalue weighted by Gasteiger charge is -2.34. The van der Waals surface area contributed by atoms with Gasteiger partial charge in [0.25, 0.3) is 5.91 Å². The number of aliphatic hydroxyl groups is 1. The standard InChI is InChI=1S/C25H31N5O5S/c1-13-18(36-12-26-13)14-6-8-15(9-7-14)25(5)22(33)28-20(29-25)17-10-16(31)11-30(17)21(32)19(24(2,3)4)27-23(34)35/h6-9,12,16-17,19,27,31H,10-11H2,1-5H3,(H,34,35)(H,28,29,33)/t16-,17?,19-,25?/m1/s1. The third-order valence-electron chi connectivity index (χ3n) is 6.74. The number of amides is 3. The molecule has 2 aromatic rings. The fourth-order valence-electron chi connectivity index (χ4n) is 4.69. The van der Waals surface area contributed by atoms with Crippen LogP contribution in [0.2, 0.25) is 0 Å². The van der Waals surface area contributed by atoms with E-state index in [4.69, 9.17) is 4.99 Å². The number of likely N-dealkylation sites (tertiary alicyclic amines) is 1. The molecular weight excluding hydrogens is 482 g/mol. The number of rotatable bonds is 5. The summed E-state index contributed by atoms with van der Waals surface area (Å²) in [4.78, 5) is 49.4. The van der Waals surface area contributed by atoms with Crippen molar-refractivity contribution in [3.05, 3.63) is 41.0 Å². The first-order valence-corrected chi connectivity index (χ1v) is 12.6. The summed E-state index contributed by atoms with van der Waals surface area (Å²) < 4.78 is 0. The molecule has 192 valence electrons. The highest BCUT2D eigenvalue weighted by atomic mass is 32.1. The number of aromatic nitrogens is 1. The Bertz CT molecular complexity index is 1220. The molecule has 4 rings (SSSR count). The smallest absolute Gasteiger partial charge is 0.405 e. The Morgan fingerprint density at radius 3 is 2.50 bits per heavy atom. The molecule has 0 radical (unpaired) electrons. The molecule has 0 aliphatic carbocycles. The summed E-state index contributed by atoms with van der Waals surface area (Å²) in [6, 6.07) is 5.87. The van der Waals surface area contributed by atoms with Gasteiger partial charge in [-0.3, -0.25) is 9.59 Å². The molecule has 2 unspecified atom stereocenters. The van der Waals surface area contributed by atoms with Crippen LogP contribution in [0.5, 0.6) is 0 Å². The molecule has 3 amide bonds. The minimum absolute atomic E-state index is 0.0197. The number of hydrogen-bond donors (Lipinski definition) is 4. The Labute approximate surface area is 213 Å². The third kappa shape index (κ3) is 4.72. The van der Waals surface area contributed by atoms with Crippen molar-refractivity contribution in [2.45, 2.75) is 64.8 Å². The van der Waals surface area contributed by atoms with E-state index in [2.05, 4.69) is 15.6 Å². The van der Waals surface area contributed by atoms with E-state index in [1.54, 1.807) is 44.5 Å². The third-order valence-corrected chi connectivity index (χ3v) is 7.72. The number of benzene rings is 1. The van der Waals surface area contributed by atoms with Crippen molar-refractivity contribution in [2.75, 3.05) is 6.54 Å². The normalized spacial score (nSPS) is 24.9. The van der Waals surface area contributed by atoms with Gasteiger partial charge in [-0.25, -0.2) is 14.8 Å². The molecule has 0 spiro atoms. The van der Waals surface area contributed by atoms with Crippen LogP contribution in [0.15, 0.2) is 34.8 Å². The molecule has 4 atom stereocenters. The molecule has 2 aliphatic heterocycles. The zero-order valence-corrected chi connectivity index (χ0v) is 21.7. The summed E-state index contributed by atoms with van der Waals surface area (Å²) in [5, 5.41) is 24.8. The van der Waals surface area contributed by atoms with Gasteiger partial charge in [0.2, 0.25) is 5.91 Å². The molecule has 11 heteroatoms. The van der Waals surface area contributed by atoms with Crippen molar-refractivity contribution >= 4 is 35.1 Å². The number of aliphatic imine (C=N–C) groups is 1. The van der Waals surface area contributed by atoms with E-state index in [1.807, 2.05) is 31.2 Å². The highest BCUT2D eigenvalue weighted by Crippen LogP contribution is 2.35. The second kappa shape index (κ2) is 9.29. The maximum Gasteiger partial charge on any atom is 0.405 e. The second-order valence-corrected chi connectivity index (χ2v) is 11.4. The van der Waals surface area contributed by atoms with Crippen LogP contribution < -0.4 is 10.6 Å². The van der Waals surface area contributed by atoms with E-state index in [0.29, 0.717) is 5.56 Å². The molecule has 1 aromatic heterocycles. The number of carboxylic acid groups (broad SMARTS) is 1. The zero-order valence-electron chi connectivity index (χ0n) is 20.9. The van der Waals surface area contributed by atoms with E-state index in [9.17, 15) is 24.6 Å². The molecule has 0 bridgehead atoms. The molecule has 3 heterocycles. The molecule has 0 saturated carbocycles. The molecule has 1 saturated heterocycles. The molecular formula is C25H31N5O5S. The van der Waals surface area contributed by atoms with Gasteiger partial charge >= 0.3 is 6.09 Å². The molecule has 1 aromatic carbocycles. The summed E-state index contributed by atoms with van der Waals surface area (Å²) in [7, 11) is 0. The first-order valence-electron chi connectivity index (χ1n) is 11.7. The van der Waals surface area contributed by atoms with Gasteiger partial charge in [-0.2, -0.15) is 0 Å². The summed E-state index contributed by atoms with van der Waals surface area (Å²) in [5.41, 5.74) is 2.51. The van der Waals surface area contributed by atoms with E-state index in [0.717, 1.165) is 16.1 Å². The van der Waals surface area contributed by atoms with Crippen molar-refractivity contribution in [3.63, 3.8) is 0 Å². The van der Waals surface area contributed by atoms with Crippen LogP contribution in [-0.2, 0) is 15.1 Å². The van der Waals surface area contributed by atoms with E-state index in [-0.39, 0.29) is 24.7 Å². The van der Waals surface area contributed by atoms with Gasteiger partial charge in [0.15, 0.2) is 5.54 Å². The van der Waals surface area contributed by atoms with Gasteiger partial charge in [-0.05, 0) is 30.4 Å². The number of aliphatic hydroxyl groups excluding tert-OH is 1. The van der Waals surface area contributed by atoms with Crippen molar-refractivity contribution in [1.29, 1.82) is 0 Å². The number of carbonyl (C=O) groups is 3. The van der Waals surface area contributed by atoms with Gasteiger partial charge in [-0.1, -0.05) is 45.0 Å². The number of β-amino-alcohol motifs (C(OH)–C–C–N with tert-alkyl or cyclic N) is 1. The van der Waals surface area contributed by atoms with E-state index < -0.39 is 41.1 Å². The fraction of sp³-hybridized carbons (Fsp3) is 0.480. The SMILES string of the molecule is Cc1ncsc1-c1ccc(C2(C)N=C(C3C[C@@H](O)CN3C(=O)[C@@H](NC(=O)O)C(C)(C)C)NC2=O)cc1. The lowest BCUT2D eigenvalue weighted by atomic mass is 9.85. The van der Waals surface area contributed by atoms with E-state index in [1.165, 1.54) is 4.90 Å². The van der Waals surface area contributed by atoms with E-state index >= 15 is 0 Å². The molecule has 10 nitrogen and oxygen atoms in total. The number of amidine groups is 1. The summed E-state index contributed by atoms with van der Waals surface area (Å²) in [5.74, 6) is -0.511. The predicted molar refractivity (Wildman–Crippen MR) is 136 cm³/mol. The van der Waals surface area contributed by atoms with Gasteiger partial charge in [-0.15, -0.1) is 11.3 Å². The Morgan fingerprint density at radius 1 is 1.28 bits per heavy atom. The fourth-order valence-corrected chi connectivity index (χ4v) is 5.50. The summed E-state index contributed by atoms with van der Waals surface area (Å²) >= 11 is 1.55. The van der Waals surface area contributed by atoms with Crippen molar-refractivity contribution in [1.82, 2.24) is 20.5 Å². The number of nitrogens with one attached hydrogen (secondary N) is 2. The van der Waals surface area contributed by atoms with Crippen LogP contribution in [0.4, 0.5) is 4.79 Å². The van der Waals surface area contributed by atoms with Crippen LogP contribution >= 0.6 is 11.3 Å². The highest BCUT2D eigenvalue weighted by molar-refractivity contribution is 7.13. The average Bonchev–Trinajstić information content (AvgIpc) is 3.48. The Balaban J connectivity index is 1.63. The van der Waals surface area contributed by atoms with Crippen LogP contribution in [0, 0.1) is 12.3 Å². The van der Waals surface area contributed by atoms with Crippen molar-refractivity contribution < 1.29 is 24.6 Å². The lowest BCUT2D eigenvalue weighted by molar-refractivity contribution is -0.136. The van der Waals surface area contributed by atoms with Crippen LogP contribution in [-0.4, -0.2) is 68.6 Å². The minimum atomic E-state index is -1.31. The summed E-state index contributed by atoms with van der Waals surface area (Å²) in [6.45, 7) is 8.96. The average molecular weight is 514 g/mol. The highest BCUT2D eigenvalue weighted by Gasteiger charge is 2.48. The Hall–Kier alpha value is -3.31. The molecule has 2 aliphatic rings. The quantitative estimate of drug-likeness (QED) is 0.484. The maximum atomic E-state index is 13.4. The van der Waals surface area contributed by atoms with Crippen LogP contribution in [0.3, 0.4) is 0 Å². The minimum Gasteiger partial charge on any atom is -0.465 e. The zero-order chi connectivity index (χ0) is 26.4. The monoisotopic (exact) mass is 513 g/mol. The largest absolute Gasteiger partial charge is 0.465 e. The van der Waals surface area contributed by atoms with Crippen molar-refractivity contribution in [2.24, 2.45) is 10.4 Å². The Kier molecular flexibility index (Phi) is 6.65. The first-order chi connectivity index (χ1) is 16.8. The molecule has 4 N–H and O–H groups in total. The van der Waals surface area contributed by atoms with Gasteiger partial charge in [0, 0.05) is 13.0 Å². The summed E-state index contributed by atoms with van der Waals surface area (Å²) in [6.07, 6.45) is -1.94. The Morgan fingerprint density at radius 2 is 1.94 bits per heavy atom. The predicted octanol–water partition coefficient (Wildman–Crippen LogP) is 2.51. The maximum absolute atomic E-state index is 13.4. The van der Waals surface area contributed by atoms with Gasteiger partial charge < -0.3 is 25.7 Å². The second-order valence-electron chi connectivity index (χ2n) is 10.5. The van der Waals surface area contributed by atoms with Crippen molar-refractivity contribution in [3.8, 4) is 10.4 Å². The number of carbonyl (C=O) groups excluding carboxylic acids is 2. The number of aryl methyl sites for hydroxylation is 1. The number of hydrogen-bond acceptors (Lipinski definition) is 7. The molecule has 36 heavy (non-hydrogen) atoms. The van der Waals surface area contributed by atoms with Crippen LogP contribution in [0.1, 0.15) is 45.4 Å².